The molecule has 0 spiro atoms. The monoisotopic (exact) mass is 1520 g/mol. The molecule has 6 nitrogen and oxygen atoms in total. The Kier molecular flexibility index (Phi) is 26.0. The van der Waals surface area contributed by atoms with Crippen molar-refractivity contribution in [2.75, 3.05) is 23.8 Å². The molecule has 10 heteroatoms. The van der Waals surface area contributed by atoms with Crippen molar-refractivity contribution in [3.05, 3.63) is 241 Å². The third-order valence-corrected chi connectivity index (χ3v) is 22.7. The largest absolute Gasteiger partial charge is 4.00 e. The van der Waals surface area contributed by atoms with E-state index in [1.807, 2.05) is 12.1 Å². The molecule has 0 radical (unpaired) electrons. The van der Waals surface area contributed by atoms with Gasteiger partial charge in [-0.15, -0.1) is 0 Å². The predicted molar refractivity (Wildman–Crippen MR) is 473 cm³/mol. The Hall–Kier alpha value is -7.08. The van der Waals surface area contributed by atoms with Crippen LogP contribution in [0.1, 0.15) is 158 Å². The third-order valence-electron chi connectivity index (χ3n) is 19.3. The molecule has 105 heavy (non-hydrogen) atoms. The van der Waals surface area contributed by atoms with Crippen LogP contribution in [0, 0.1) is 14.9 Å². The van der Waals surface area contributed by atoms with Crippen LogP contribution >= 0.6 is 0 Å². The standard InChI is InChI=1S/C31H40N2Si.2C31H39N2Si.2CH3.Zr/c3*1-30(2,3)23-15-16-25-22(18-23)17-21-13-14-24(31(4,5)6)19-26(21)29(25)27-11-10-12-28(33-27)32-20-34(7,8)9;;;/h10-19H,20H2,1-9H3,(H,32,33);2*10-19H,20H2,1-9H3;2*1H3;/q;4*-1;+4. The number of aromatic nitrogens is 3. The number of hydrogen-bond acceptors (Lipinski definition) is 4. The van der Waals surface area contributed by atoms with E-state index in [0.717, 1.165) is 53.0 Å². The first-order chi connectivity index (χ1) is 47.2. The SMILES string of the molecule is CC(C)(C)c1ccc2c(-c3cccc(NC[Si](C)(C)C)n3)c3cc(C(C)(C)C)ccc3cc2c1.CC(C)(C)c1ccc2c(-c3cccc([N-]C[Si](C)(C)C)n3)c3cc(C(C)(C)C)ccc3cc2c1.CC(C)(C)c1ccc2c(-c3cccc([N-]C[Si](C)(C)C)n3)c3cc(C(C)(C)C)ccc3cc2c1.[CH3-].[CH3-].[Zr+4]. The summed E-state index contributed by atoms with van der Waals surface area (Å²) in [7, 11) is -3.79. The average Bonchev–Trinajstić information content (AvgIpc) is 0.758. The van der Waals surface area contributed by atoms with E-state index in [1.165, 1.54) is 115 Å². The van der Waals surface area contributed by atoms with E-state index < -0.39 is 24.2 Å². The summed E-state index contributed by atoms with van der Waals surface area (Å²) in [5.41, 5.74) is 15.3. The molecule has 0 unspecified atom stereocenters. The van der Waals surface area contributed by atoms with E-state index in [1.54, 1.807) is 0 Å². The van der Waals surface area contributed by atoms with E-state index in [2.05, 4.69) is 359 Å². The smallest absolute Gasteiger partial charge is 0.468 e. The average molecular weight is 1530 g/mol. The summed E-state index contributed by atoms with van der Waals surface area (Å²) in [5.74, 6) is 2.63. The minimum Gasteiger partial charge on any atom is -0.468 e. The summed E-state index contributed by atoms with van der Waals surface area (Å²) in [5, 5.41) is 28.5. The normalized spacial score (nSPS) is 12.6. The van der Waals surface area contributed by atoms with Gasteiger partial charge in [-0.25, -0.2) is 4.98 Å². The molecule has 0 aliphatic carbocycles. The van der Waals surface area contributed by atoms with E-state index in [-0.39, 0.29) is 73.5 Å². The molecule has 0 amide bonds. The molecular formula is C95H124N6Si3Zr. The second-order valence-electron chi connectivity index (χ2n) is 38.7. The summed E-state index contributed by atoms with van der Waals surface area (Å²) in [6.45, 7) is 62.2. The molecule has 12 rings (SSSR count). The maximum absolute atomic E-state index is 5.12. The zero-order valence-electron chi connectivity index (χ0n) is 69.7. The van der Waals surface area contributed by atoms with Gasteiger partial charge in [0.2, 0.25) is 0 Å². The minimum absolute atomic E-state index is 0. The van der Waals surface area contributed by atoms with Crippen molar-refractivity contribution in [2.24, 2.45) is 0 Å². The maximum atomic E-state index is 5.12. The van der Waals surface area contributed by atoms with Crippen LogP contribution in [0.3, 0.4) is 0 Å². The first-order valence-electron chi connectivity index (χ1n) is 37.2. The van der Waals surface area contributed by atoms with Crippen LogP contribution in [0.15, 0.2) is 182 Å². The van der Waals surface area contributed by atoms with E-state index in [9.17, 15) is 0 Å². The van der Waals surface area contributed by atoms with Gasteiger partial charge in [-0.3, -0.25) is 0 Å². The minimum atomic E-state index is -1.28. The fraction of sp³-hybridized carbons (Fsp3) is 0.379. The van der Waals surface area contributed by atoms with Gasteiger partial charge >= 0.3 is 26.2 Å². The maximum Gasteiger partial charge on any atom is 4.00 e. The molecule has 0 saturated heterocycles. The van der Waals surface area contributed by atoms with Gasteiger partial charge in [-0.05, 0) is 202 Å². The van der Waals surface area contributed by atoms with Crippen LogP contribution in [-0.4, -0.2) is 57.7 Å². The molecule has 0 aliphatic heterocycles. The number of nitrogens with one attached hydrogen (secondary N) is 1. The van der Waals surface area contributed by atoms with Crippen LogP contribution in [0.25, 0.3) is 109 Å². The summed E-state index contributed by atoms with van der Waals surface area (Å²) in [4.78, 5) is 15.3. The van der Waals surface area contributed by atoms with Gasteiger partial charge in [0.1, 0.15) is 5.82 Å². The number of nitrogens with zero attached hydrogens (tertiary/aromatic N) is 5. The first-order valence-corrected chi connectivity index (χ1v) is 48.3. The van der Waals surface area contributed by atoms with E-state index in [4.69, 9.17) is 25.6 Å². The fourth-order valence-electron chi connectivity index (χ4n) is 13.0. The van der Waals surface area contributed by atoms with Gasteiger partial charge in [0.05, 0.1) is 13.8 Å². The Bertz CT molecular complexity index is 4560. The van der Waals surface area contributed by atoms with Crippen LogP contribution < -0.4 is 5.32 Å². The molecule has 0 saturated carbocycles. The molecule has 3 aromatic heterocycles. The zero-order valence-corrected chi connectivity index (χ0v) is 75.1. The van der Waals surface area contributed by atoms with Gasteiger partial charge in [-0.2, -0.15) is 0 Å². The van der Waals surface area contributed by atoms with Crippen molar-refractivity contribution in [1.82, 2.24) is 15.0 Å². The van der Waals surface area contributed by atoms with Crippen molar-refractivity contribution in [3.63, 3.8) is 0 Å². The molecule has 9 aromatic carbocycles. The van der Waals surface area contributed by atoms with Crippen molar-refractivity contribution < 1.29 is 26.2 Å². The Morgan fingerprint density at radius 1 is 0.286 bits per heavy atom. The Morgan fingerprint density at radius 2 is 0.552 bits per heavy atom. The van der Waals surface area contributed by atoms with Crippen molar-refractivity contribution in [2.45, 2.75) is 216 Å². The number of rotatable bonds is 12. The molecule has 0 fully saturated rings. The number of anilines is 1. The summed E-state index contributed by atoms with van der Waals surface area (Å²) < 4.78 is 0. The number of pyridine rings is 3. The molecule has 1 N–H and O–H groups in total. The Morgan fingerprint density at radius 3 is 0.829 bits per heavy atom. The summed E-state index contributed by atoms with van der Waals surface area (Å²) in [6.07, 6.45) is 2.80. The summed E-state index contributed by atoms with van der Waals surface area (Å²) >= 11 is 0. The second-order valence-corrected chi connectivity index (χ2v) is 55.1. The third kappa shape index (κ3) is 21.2. The first kappa shape index (κ1) is 85.2. The second kappa shape index (κ2) is 32.0. The van der Waals surface area contributed by atoms with Gasteiger partial charge in [0, 0.05) is 27.9 Å². The number of fused-ring (bicyclic) bond motifs is 6. The number of hydrogen-bond donors (Lipinski definition) is 1. The van der Waals surface area contributed by atoms with E-state index in [0.29, 0.717) is 0 Å². The van der Waals surface area contributed by atoms with Crippen LogP contribution in [0.5, 0.6) is 0 Å². The van der Waals surface area contributed by atoms with Crippen LogP contribution in [0.4, 0.5) is 17.5 Å². The van der Waals surface area contributed by atoms with Gasteiger partial charge < -0.3 is 40.8 Å². The van der Waals surface area contributed by atoms with Gasteiger partial charge in [-0.1, -0.05) is 341 Å². The van der Waals surface area contributed by atoms with Crippen molar-refractivity contribution >= 4 is 106 Å². The molecule has 0 bridgehead atoms. The van der Waals surface area contributed by atoms with Gasteiger partial charge in [0.25, 0.3) is 0 Å². The quantitative estimate of drug-likeness (QED) is 0.0751. The molecular weight excluding hydrogens is 1400 g/mol. The Balaban J connectivity index is 0.000000217. The topological polar surface area (TPSA) is 78.9 Å². The van der Waals surface area contributed by atoms with Crippen molar-refractivity contribution in [3.8, 4) is 33.8 Å². The molecule has 550 valence electrons. The molecule has 0 aliphatic rings. The molecule has 3 heterocycles. The molecule has 12 aromatic rings. The van der Waals surface area contributed by atoms with Crippen LogP contribution in [0.2, 0.25) is 58.9 Å². The predicted octanol–water partition coefficient (Wildman–Crippen LogP) is 28.9. The van der Waals surface area contributed by atoms with Gasteiger partial charge in [0.15, 0.2) is 0 Å². The fourth-order valence-corrected chi connectivity index (χ4v) is 14.9. The molecule has 0 atom stereocenters. The number of benzene rings is 9. The summed E-state index contributed by atoms with van der Waals surface area (Å²) in [6, 6.07) is 67.6. The zero-order chi connectivity index (χ0) is 74.7. The van der Waals surface area contributed by atoms with E-state index >= 15 is 0 Å². The van der Waals surface area contributed by atoms with Crippen molar-refractivity contribution in [1.29, 1.82) is 0 Å². The Labute approximate surface area is 656 Å². The van der Waals surface area contributed by atoms with Crippen LogP contribution in [-0.2, 0) is 58.7 Å².